The van der Waals surface area contributed by atoms with Crippen molar-refractivity contribution in [3.63, 3.8) is 0 Å². The van der Waals surface area contributed by atoms with Crippen LogP contribution >= 0.6 is 0 Å². The summed E-state index contributed by atoms with van der Waals surface area (Å²) in [5.41, 5.74) is 4.06. The van der Waals surface area contributed by atoms with E-state index >= 15 is 0 Å². The number of allylic oxidation sites excluding steroid dienone is 2. The van der Waals surface area contributed by atoms with Gasteiger partial charge in [-0.05, 0) is 60.4 Å². The van der Waals surface area contributed by atoms with Gasteiger partial charge in [-0.1, -0.05) is 101 Å². The van der Waals surface area contributed by atoms with E-state index in [1.165, 1.54) is 30.4 Å². The monoisotopic (exact) mass is 456 g/mol. The largest absolute Gasteiger partial charge is 1.00 e. The first kappa shape index (κ1) is 29.9. The van der Waals surface area contributed by atoms with Gasteiger partial charge < -0.3 is 4.43 Å². The number of rotatable bonds is 12. The average Bonchev–Trinajstić information content (AvgIpc) is 2.75. The summed E-state index contributed by atoms with van der Waals surface area (Å²) < 4.78 is 6.42. The Balaban J connectivity index is 0.00000544. The minimum atomic E-state index is -1.65. The van der Waals surface area contributed by atoms with Crippen LogP contribution in [0.2, 0.25) is 18.1 Å². The molecule has 0 amide bonds. The van der Waals surface area contributed by atoms with Crippen molar-refractivity contribution >= 4 is 8.32 Å². The fourth-order valence-corrected chi connectivity index (χ4v) is 5.05. The van der Waals surface area contributed by atoms with Crippen molar-refractivity contribution in [3.8, 4) is 0 Å². The minimum Gasteiger partial charge on any atom is -0.417 e. The van der Waals surface area contributed by atoms with Crippen LogP contribution in [0.25, 0.3) is 0 Å². The van der Waals surface area contributed by atoms with E-state index in [0.29, 0.717) is 11.8 Å². The molecule has 0 spiro atoms. The van der Waals surface area contributed by atoms with Gasteiger partial charge in [0.2, 0.25) is 0 Å². The first-order chi connectivity index (χ1) is 15.1. The van der Waals surface area contributed by atoms with Gasteiger partial charge in [0.25, 0.3) is 0 Å². The molecule has 0 saturated heterocycles. The number of hydrogen-bond acceptors (Lipinski definition) is 1. The minimum absolute atomic E-state index is 0. The van der Waals surface area contributed by atoms with Crippen LogP contribution in [0, 0.1) is 6.92 Å². The molecule has 0 radical (unpaired) electrons. The van der Waals surface area contributed by atoms with Crippen molar-refractivity contribution in [3.05, 3.63) is 90.4 Å². The Labute approximate surface area is 217 Å². The number of hydrogen-bond donors (Lipinski definition) is 0. The maximum atomic E-state index is 6.42. The molecular formula is C30H45LiOSi. The van der Waals surface area contributed by atoms with Gasteiger partial charge in [0.15, 0.2) is 8.32 Å². The predicted molar refractivity (Wildman–Crippen MR) is 144 cm³/mol. The first-order valence-corrected chi connectivity index (χ1v) is 15.2. The van der Waals surface area contributed by atoms with Gasteiger partial charge in [0.1, 0.15) is 0 Å². The molecule has 0 aliphatic heterocycles. The molecule has 2 aromatic carbocycles. The van der Waals surface area contributed by atoms with E-state index in [9.17, 15) is 0 Å². The summed E-state index contributed by atoms with van der Waals surface area (Å²) >= 11 is 0. The molecule has 2 atom stereocenters. The third kappa shape index (κ3) is 10.3. The van der Waals surface area contributed by atoms with Gasteiger partial charge in [-0.25, -0.2) is 18.6 Å². The summed E-state index contributed by atoms with van der Waals surface area (Å²) in [7, 11) is -1.65. The molecule has 0 saturated carbocycles. The van der Waals surface area contributed by atoms with E-state index in [-0.39, 0.29) is 23.9 Å². The zero-order valence-corrected chi connectivity index (χ0v) is 23.4. The predicted octanol–water partition coefficient (Wildman–Crippen LogP) is 6.31. The van der Waals surface area contributed by atoms with Crippen molar-refractivity contribution in [1.29, 1.82) is 0 Å². The second kappa shape index (κ2) is 14.3. The normalized spacial score (nSPS) is 14.4. The van der Waals surface area contributed by atoms with Crippen LogP contribution in [-0.2, 0) is 4.43 Å². The standard InChI is InChI=1S/C30H45OSi.Li/c1-25(2)21-22-29(27-18-12-9-13-19-27)24-28(26-16-10-8-11-17-26)20-14-15-23-31-32(6,7)30(3,4)5;/h8-13,16-19,21,28-29H,1,14-15,20,22-24H2,2-7H3;/q-1;+1/b25-21-;. The second-order valence-corrected chi connectivity index (χ2v) is 15.7. The maximum Gasteiger partial charge on any atom is 1.00 e. The molecule has 1 nitrogen and oxygen atoms in total. The van der Waals surface area contributed by atoms with Gasteiger partial charge in [-0.3, -0.25) is 0 Å². The molecule has 2 rings (SSSR count). The number of benzene rings is 2. The van der Waals surface area contributed by atoms with E-state index < -0.39 is 8.32 Å². The second-order valence-electron chi connectivity index (χ2n) is 10.8. The van der Waals surface area contributed by atoms with Gasteiger partial charge in [-0.2, -0.15) is 0 Å². The molecule has 2 aromatic rings. The topological polar surface area (TPSA) is 9.23 Å². The quantitative estimate of drug-likeness (QED) is 0.207. The molecule has 0 aliphatic carbocycles. The Morgan fingerprint density at radius 1 is 0.909 bits per heavy atom. The van der Waals surface area contributed by atoms with Crippen LogP contribution in [0.1, 0.15) is 82.8 Å². The zero-order chi connectivity index (χ0) is 23.6. The molecule has 2 unspecified atom stereocenters. The van der Waals surface area contributed by atoms with Crippen LogP contribution < -0.4 is 18.9 Å². The van der Waals surface area contributed by atoms with Crippen LogP contribution in [0.4, 0.5) is 0 Å². The fraction of sp³-hybridized carbons (Fsp3) is 0.500. The fourth-order valence-electron chi connectivity index (χ4n) is 3.96. The maximum absolute atomic E-state index is 6.42. The van der Waals surface area contributed by atoms with Gasteiger partial charge in [0, 0.05) is 6.61 Å². The summed E-state index contributed by atoms with van der Waals surface area (Å²) in [6.45, 7) is 18.7. The van der Waals surface area contributed by atoms with E-state index in [1.807, 2.05) is 0 Å². The molecule has 3 heteroatoms. The Hall–Kier alpha value is -1.18. The van der Waals surface area contributed by atoms with Crippen LogP contribution in [0.15, 0.2) is 72.3 Å². The van der Waals surface area contributed by atoms with Crippen LogP contribution in [0.3, 0.4) is 0 Å². The molecule has 0 aromatic heterocycles. The first-order valence-electron chi connectivity index (χ1n) is 12.3. The van der Waals surface area contributed by atoms with Gasteiger partial charge in [0.05, 0.1) is 0 Å². The summed E-state index contributed by atoms with van der Waals surface area (Å²) in [5, 5.41) is 0.280. The molecular weight excluding hydrogens is 411 g/mol. The molecule has 0 N–H and O–H groups in total. The van der Waals surface area contributed by atoms with Crippen molar-refractivity contribution in [2.24, 2.45) is 0 Å². The third-order valence-electron chi connectivity index (χ3n) is 7.08. The zero-order valence-electron chi connectivity index (χ0n) is 22.4. The van der Waals surface area contributed by atoms with Crippen LogP contribution in [0.5, 0.6) is 0 Å². The van der Waals surface area contributed by atoms with E-state index in [2.05, 4.69) is 114 Å². The summed E-state index contributed by atoms with van der Waals surface area (Å²) in [6, 6.07) is 22.1. The Morgan fingerprint density at radius 3 is 1.91 bits per heavy atom. The van der Waals surface area contributed by atoms with Crippen molar-refractivity contribution < 1.29 is 23.3 Å². The van der Waals surface area contributed by atoms with Crippen LogP contribution in [-0.4, -0.2) is 14.9 Å². The van der Waals surface area contributed by atoms with Crippen molar-refractivity contribution in [2.45, 2.75) is 89.8 Å². The Morgan fingerprint density at radius 2 is 1.42 bits per heavy atom. The number of unbranched alkanes of at least 4 members (excludes halogenated alkanes) is 1. The molecule has 33 heavy (non-hydrogen) atoms. The van der Waals surface area contributed by atoms with E-state index in [0.717, 1.165) is 25.0 Å². The van der Waals surface area contributed by atoms with E-state index in [1.54, 1.807) is 0 Å². The molecule has 0 bridgehead atoms. The van der Waals surface area contributed by atoms with E-state index in [4.69, 9.17) is 4.43 Å². The molecule has 0 aliphatic rings. The summed E-state index contributed by atoms with van der Waals surface area (Å²) in [6.07, 6.45) is 8.08. The van der Waals surface area contributed by atoms with Crippen molar-refractivity contribution in [2.75, 3.05) is 6.61 Å². The average molecular weight is 457 g/mol. The van der Waals surface area contributed by atoms with Crippen molar-refractivity contribution in [1.82, 2.24) is 0 Å². The third-order valence-corrected chi connectivity index (χ3v) is 11.6. The van der Waals surface area contributed by atoms with Gasteiger partial charge >= 0.3 is 18.9 Å². The SMILES string of the molecule is [CH2-]/C(C)=C/CC(CC(CCCCO[Si](C)(C)C(C)(C)C)c1ccccc1)c1ccccc1.[Li+]. The Bertz CT molecular complexity index is 804. The smallest absolute Gasteiger partial charge is 0.417 e. The summed E-state index contributed by atoms with van der Waals surface area (Å²) in [4.78, 5) is 0. The Kier molecular flexibility index (Phi) is 12.9. The molecule has 176 valence electrons. The van der Waals surface area contributed by atoms with Gasteiger partial charge in [-0.15, -0.1) is 0 Å². The summed E-state index contributed by atoms with van der Waals surface area (Å²) in [5.74, 6) is 1.08. The molecule has 0 heterocycles. The molecule has 0 fully saturated rings.